The Bertz CT molecular complexity index is 2860. The number of primary amides is 1. The van der Waals surface area contributed by atoms with Crippen molar-refractivity contribution in [2.24, 2.45) is 5.73 Å². The second kappa shape index (κ2) is 27.2. The van der Waals surface area contributed by atoms with E-state index in [9.17, 15) is 61.5 Å². The summed E-state index contributed by atoms with van der Waals surface area (Å²) in [5.74, 6) is -3.83. The number of imide groups is 1. The molecule has 6 heterocycles. The molecule has 4 fully saturated rings. The number of H-pyrrole nitrogens is 1. The molecule has 8 rings (SSSR count). The Balaban J connectivity index is 0.700. The fraction of sp³-hybridized carbons (Fsp3) is 0.607. The number of aromatic amines is 1. The zero-order chi connectivity index (χ0) is 58.0. The van der Waals surface area contributed by atoms with Gasteiger partial charge >= 0.3 is 13.3 Å². The molecule has 1 aromatic heterocycles. The van der Waals surface area contributed by atoms with E-state index in [4.69, 9.17) is 5.73 Å². The van der Waals surface area contributed by atoms with Crippen LogP contribution in [0.1, 0.15) is 154 Å². The van der Waals surface area contributed by atoms with E-state index >= 15 is 0 Å². The van der Waals surface area contributed by atoms with Crippen LogP contribution in [0.5, 0.6) is 0 Å². The third-order valence-corrected chi connectivity index (χ3v) is 17.6. The molecule has 0 spiro atoms. The van der Waals surface area contributed by atoms with Gasteiger partial charge in [-0.1, -0.05) is 63.5 Å². The average molecular weight is 1150 g/mol. The van der Waals surface area contributed by atoms with Gasteiger partial charge in [0.05, 0.1) is 0 Å². The number of nitrogens with two attached hydrogens (primary N) is 1. The first kappa shape index (κ1) is 60.8. The molecule has 2 aromatic carbocycles. The number of carbonyl (C=O) groups is 8. The van der Waals surface area contributed by atoms with Crippen molar-refractivity contribution in [1.82, 2.24) is 45.9 Å². The summed E-state index contributed by atoms with van der Waals surface area (Å²) in [6.45, 7) is 4.44. The third-order valence-electron chi connectivity index (χ3n) is 16.6. The number of benzene rings is 2. The van der Waals surface area contributed by atoms with Crippen molar-refractivity contribution >= 4 is 71.4 Å². The summed E-state index contributed by atoms with van der Waals surface area (Å²) in [7, 11) is -4.05. The minimum absolute atomic E-state index is 0.0414. The number of nitrogens with zero attached hydrogens (tertiary/aromatic N) is 4. The minimum atomic E-state index is -5.84. The predicted molar refractivity (Wildman–Crippen MR) is 296 cm³/mol. The number of piperidine rings is 2. The molecular formula is C56H78F2N11O11P. The van der Waals surface area contributed by atoms with Gasteiger partial charge in [0.1, 0.15) is 29.9 Å². The van der Waals surface area contributed by atoms with Crippen LogP contribution in [0.15, 0.2) is 42.5 Å². The van der Waals surface area contributed by atoms with E-state index in [1.165, 1.54) is 42.7 Å². The zero-order valence-electron chi connectivity index (χ0n) is 46.0. The van der Waals surface area contributed by atoms with Gasteiger partial charge in [-0.25, -0.2) is 0 Å². The van der Waals surface area contributed by atoms with Crippen LogP contribution in [0, 0.1) is 0 Å². The second-order valence-corrected chi connectivity index (χ2v) is 24.2. The highest BCUT2D eigenvalue weighted by molar-refractivity contribution is 7.52. The first-order chi connectivity index (χ1) is 38.7. The molecule has 5 aliphatic heterocycles. The maximum Gasteiger partial charge on any atom is 0.399 e. The molecule has 22 nitrogen and oxygen atoms in total. The van der Waals surface area contributed by atoms with E-state index in [2.05, 4.69) is 36.5 Å². The van der Waals surface area contributed by atoms with Crippen molar-refractivity contribution in [3.05, 3.63) is 64.8 Å². The number of likely N-dealkylation sites (N-methyl/N-ethyl adjacent to an activating group) is 1. The number of nitrogens with one attached hydrogen (secondary N) is 6. The van der Waals surface area contributed by atoms with Gasteiger partial charge in [0, 0.05) is 90.9 Å². The maximum atomic E-state index is 14.5. The molecule has 81 heavy (non-hydrogen) atoms. The first-order valence-corrected chi connectivity index (χ1v) is 30.3. The van der Waals surface area contributed by atoms with Crippen molar-refractivity contribution in [2.45, 2.75) is 170 Å². The number of halogens is 2. The van der Waals surface area contributed by atoms with Crippen LogP contribution in [0.3, 0.4) is 0 Å². The second-order valence-electron chi connectivity index (χ2n) is 22.5. The number of fused-ring (bicyclic) bond motifs is 3. The molecular weight excluding hydrogens is 1070 g/mol. The van der Waals surface area contributed by atoms with Gasteiger partial charge in [-0.05, 0) is 108 Å². The number of amides is 8. The van der Waals surface area contributed by atoms with E-state index in [1.54, 1.807) is 11.9 Å². The highest BCUT2D eigenvalue weighted by Gasteiger charge is 2.51. The van der Waals surface area contributed by atoms with Gasteiger partial charge in [-0.15, -0.1) is 0 Å². The van der Waals surface area contributed by atoms with E-state index in [0.29, 0.717) is 56.9 Å². The van der Waals surface area contributed by atoms with Gasteiger partial charge in [-0.2, -0.15) is 8.78 Å². The quantitative estimate of drug-likeness (QED) is 0.0308. The topological polar surface area (TPSA) is 309 Å². The van der Waals surface area contributed by atoms with Gasteiger partial charge < -0.3 is 61.4 Å². The first-order valence-electron chi connectivity index (χ1n) is 28.7. The smallest absolute Gasteiger partial charge is 0.382 e. The molecule has 25 heteroatoms. The molecule has 5 aliphatic rings. The molecule has 0 radical (unpaired) electrons. The number of rotatable bonds is 26. The largest absolute Gasteiger partial charge is 0.399 e. The lowest BCUT2D eigenvalue weighted by atomic mass is 10.0. The maximum absolute atomic E-state index is 14.5. The Labute approximate surface area is 469 Å². The summed E-state index contributed by atoms with van der Waals surface area (Å²) >= 11 is 0. The molecule has 10 N–H and O–H groups in total. The number of likely N-dealkylation sites (tertiary alicyclic amines) is 1. The number of alkyl halides is 2. The normalized spacial score (nSPS) is 21.7. The third kappa shape index (κ3) is 15.2. The van der Waals surface area contributed by atoms with Gasteiger partial charge in [0.15, 0.2) is 0 Å². The number of unbranched alkanes of at least 4 members (excludes halogenated alkanes) is 9. The standard InChI is InChI=1S/C56H78F2N11O11P/c1-66-28-25-38-16-19-47(69(38)55(77)45(34-66)64-51(73)44-32-35-31-36(15-17-41(35)62-44)56(57,58)81(78,79)80)53(75)63-43(18-21-48(59)70)50(72)60-26-10-8-6-4-2-3-5-7-9-11-27-67-29-23-37(24-30-67)61-42-14-12-13-39-40(42)33-68(54(39)76)46-20-22-49(71)65-52(46)74/h12-15,17,31-32,37-38,43,45-47,61-62H,2-11,16,18-30,33-34H2,1H3,(H2,59,70)(H,60,72)(H,63,75)(H,64,73)(H,65,71,74)(H2,78,79,80)/t38-,43+,45+,46?,47+/m1/s1. The van der Waals surface area contributed by atoms with Crippen LogP contribution in [0.2, 0.25) is 0 Å². The highest BCUT2D eigenvalue weighted by atomic mass is 31.2. The van der Waals surface area contributed by atoms with E-state index in [1.807, 2.05) is 23.1 Å². The van der Waals surface area contributed by atoms with Crippen molar-refractivity contribution in [3.8, 4) is 0 Å². The fourth-order valence-electron chi connectivity index (χ4n) is 12.0. The number of hydrogen-bond donors (Lipinski definition) is 9. The lowest BCUT2D eigenvalue weighted by Crippen LogP contribution is -2.61. The predicted octanol–water partition coefficient (Wildman–Crippen LogP) is 4.29. The Kier molecular flexibility index (Phi) is 20.4. The number of carbonyl (C=O) groups excluding carboxylic acids is 8. The van der Waals surface area contributed by atoms with Crippen LogP contribution in [0.4, 0.5) is 14.5 Å². The summed E-state index contributed by atoms with van der Waals surface area (Å²) in [5, 5.41) is 14.5. The zero-order valence-corrected chi connectivity index (χ0v) is 46.9. The van der Waals surface area contributed by atoms with Crippen molar-refractivity contribution in [3.63, 3.8) is 0 Å². The molecule has 0 bridgehead atoms. The van der Waals surface area contributed by atoms with E-state index in [0.717, 1.165) is 94.4 Å². The molecule has 3 aromatic rings. The molecule has 442 valence electrons. The highest BCUT2D eigenvalue weighted by Crippen LogP contribution is 2.59. The van der Waals surface area contributed by atoms with Gasteiger partial charge in [-0.3, -0.25) is 48.2 Å². The molecule has 0 aliphatic carbocycles. The van der Waals surface area contributed by atoms with Gasteiger partial charge in [0.2, 0.25) is 35.4 Å². The molecule has 4 saturated heterocycles. The molecule has 1 unspecified atom stereocenters. The van der Waals surface area contributed by atoms with E-state index < -0.39 is 78.4 Å². The van der Waals surface area contributed by atoms with Crippen molar-refractivity contribution < 1.29 is 61.5 Å². The van der Waals surface area contributed by atoms with Gasteiger partial charge in [0.25, 0.3) is 11.8 Å². The van der Waals surface area contributed by atoms with Crippen LogP contribution in [-0.4, -0.2) is 164 Å². The van der Waals surface area contributed by atoms with Crippen LogP contribution >= 0.6 is 7.60 Å². The summed E-state index contributed by atoms with van der Waals surface area (Å²) in [5.41, 5.74) is 2.66. The van der Waals surface area contributed by atoms with E-state index in [-0.39, 0.29) is 60.3 Å². The van der Waals surface area contributed by atoms with Crippen molar-refractivity contribution in [2.75, 3.05) is 51.6 Å². The fourth-order valence-corrected chi connectivity index (χ4v) is 12.5. The Morgan fingerprint density at radius 2 is 1.57 bits per heavy atom. The Morgan fingerprint density at radius 1 is 0.864 bits per heavy atom. The lowest BCUT2D eigenvalue weighted by Gasteiger charge is -2.37. The average Bonchev–Trinajstić information content (AvgIpc) is 4.22. The summed E-state index contributed by atoms with van der Waals surface area (Å²) < 4.78 is 40.4. The number of anilines is 1. The molecule has 8 amide bonds. The molecule has 0 saturated carbocycles. The summed E-state index contributed by atoms with van der Waals surface area (Å²) in [6.07, 6.45) is 14.5. The monoisotopic (exact) mass is 1150 g/mol. The SMILES string of the molecule is CN1CC[C@H]2CC[C@@H](C(=O)N[C@@H](CCC(N)=O)C(=O)NCCCCCCCCCCCCN3CCC(Nc4cccc5c4CN(C4CCC(=O)NC4=O)C5=O)CC3)N2C(=O)[C@@H](NC(=O)c2cc3cc(C(F)(F)P(=O)(O)O)ccc3[nH]2)C1. The lowest BCUT2D eigenvalue weighted by molar-refractivity contribution is -0.144. The molecule has 5 atom stereocenters. The van der Waals surface area contributed by atoms with Crippen LogP contribution in [-0.2, 0) is 45.5 Å². The summed E-state index contributed by atoms with van der Waals surface area (Å²) in [4.78, 5) is 133. The Morgan fingerprint density at radius 3 is 2.26 bits per heavy atom. The van der Waals surface area contributed by atoms with Crippen LogP contribution < -0.4 is 32.3 Å². The number of hydrogen-bond acceptors (Lipinski definition) is 12. The number of aromatic nitrogens is 1. The Hall–Kier alpha value is -6.33. The summed E-state index contributed by atoms with van der Waals surface area (Å²) in [6, 6.07) is 5.94. The van der Waals surface area contributed by atoms with Crippen LogP contribution in [0.25, 0.3) is 10.9 Å². The van der Waals surface area contributed by atoms with Crippen molar-refractivity contribution in [1.29, 1.82) is 0 Å². The minimum Gasteiger partial charge on any atom is -0.382 e.